The minimum atomic E-state index is -3.11. The monoisotopic (exact) mass is 372 g/mol. The molecule has 0 amide bonds. The molecule has 0 aliphatic carbocycles. The summed E-state index contributed by atoms with van der Waals surface area (Å²) in [6, 6.07) is 12.3. The Kier molecular flexibility index (Phi) is 5.66. The molecule has 0 bridgehead atoms. The lowest BCUT2D eigenvalue weighted by atomic mass is 10.0. The van der Waals surface area contributed by atoms with Gasteiger partial charge < -0.3 is 4.74 Å². The van der Waals surface area contributed by atoms with Crippen LogP contribution in [-0.4, -0.2) is 6.61 Å². The van der Waals surface area contributed by atoms with Gasteiger partial charge in [-0.25, -0.2) is 8.78 Å². The molecule has 0 saturated heterocycles. The van der Waals surface area contributed by atoms with Gasteiger partial charge in [0.15, 0.2) is 11.6 Å². The van der Waals surface area contributed by atoms with Gasteiger partial charge in [0, 0.05) is 10.9 Å². The molecule has 0 spiro atoms. The third-order valence-electron chi connectivity index (χ3n) is 4.05. The first-order valence-electron chi connectivity index (χ1n) is 8.45. The van der Waals surface area contributed by atoms with Gasteiger partial charge in [-0.15, -0.1) is 0 Å². The zero-order valence-electron chi connectivity index (χ0n) is 14.5. The summed E-state index contributed by atoms with van der Waals surface area (Å²) in [7, 11) is 0. The van der Waals surface area contributed by atoms with E-state index in [-0.39, 0.29) is 11.1 Å². The Morgan fingerprint density at radius 2 is 1.78 bits per heavy atom. The highest BCUT2D eigenvalue weighted by Gasteiger charge is 2.10. The summed E-state index contributed by atoms with van der Waals surface area (Å²) < 4.78 is 56.8. The number of alkyl halides is 2. The first-order valence-corrected chi connectivity index (χ1v) is 8.45. The number of halogens is 4. The fourth-order valence-corrected chi connectivity index (χ4v) is 2.79. The second kappa shape index (κ2) is 8.13. The Morgan fingerprint density at radius 3 is 2.48 bits per heavy atom. The summed E-state index contributed by atoms with van der Waals surface area (Å²) in [6.45, 7) is -1.03. The number of aryl methyl sites for hydroxylation is 1. The predicted molar refractivity (Wildman–Crippen MR) is 96.9 cm³/mol. The second-order valence-electron chi connectivity index (χ2n) is 6.01. The summed E-state index contributed by atoms with van der Waals surface area (Å²) in [5.74, 6) is 3.36. The smallest absolute Gasteiger partial charge is 0.387 e. The number of benzene rings is 3. The molecule has 0 radical (unpaired) electrons. The van der Waals surface area contributed by atoms with Gasteiger partial charge in [-0.3, -0.25) is 0 Å². The molecule has 0 saturated carbocycles. The maximum Gasteiger partial charge on any atom is 0.387 e. The summed E-state index contributed by atoms with van der Waals surface area (Å²) in [4.78, 5) is 0. The molecule has 0 fully saturated rings. The SMILES string of the molecule is CCCc1ccc2c(F)c(C#Cc3ccc(OC(F)F)c(F)c3)ccc2c1. The van der Waals surface area contributed by atoms with E-state index in [1.807, 2.05) is 12.1 Å². The molecule has 0 aromatic heterocycles. The molecule has 0 atom stereocenters. The van der Waals surface area contributed by atoms with Crippen LogP contribution in [0.4, 0.5) is 17.6 Å². The van der Waals surface area contributed by atoms with E-state index in [1.54, 1.807) is 18.2 Å². The molecule has 3 rings (SSSR count). The third kappa shape index (κ3) is 4.40. The highest BCUT2D eigenvalue weighted by atomic mass is 19.3. The average molecular weight is 372 g/mol. The minimum absolute atomic E-state index is 0.180. The first-order chi connectivity index (χ1) is 13.0. The van der Waals surface area contributed by atoms with Crippen LogP contribution in [0.2, 0.25) is 0 Å². The van der Waals surface area contributed by atoms with Gasteiger partial charge >= 0.3 is 6.61 Å². The molecule has 0 aliphatic rings. The number of hydrogen-bond acceptors (Lipinski definition) is 1. The van der Waals surface area contributed by atoms with Crippen molar-refractivity contribution < 1.29 is 22.3 Å². The normalized spacial score (nSPS) is 10.7. The van der Waals surface area contributed by atoms with Crippen LogP contribution in [0.15, 0.2) is 48.5 Å². The maximum absolute atomic E-state index is 14.7. The Bertz CT molecular complexity index is 1030. The van der Waals surface area contributed by atoms with Gasteiger partial charge in [0.1, 0.15) is 5.82 Å². The van der Waals surface area contributed by atoms with Crippen LogP contribution < -0.4 is 4.74 Å². The molecule has 5 heteroatoms. The van der Waals surface area contributed by atoms with Crippen molar-refractivity contribution in [2.45, 2.75) is 26.4 Å². The van der Waals surface area contributed by atoms with Crippen LogP contribution in [0.25, 0.3) is 10.8 Å². The first kappa shape index (κ1) is 18.8. The molecule has 27 heavy (non-hydrogen) atoms. The molecule has 3 aromatic rings. The molecule has 3 aromatic carbocycles. The van der Waals surface area contributed by atoms with Gasteiger partial charge in [-0.2, -0.15) is 8.78 Å². The number of hydrogen-bond donors (Lipinski definition) is 0. The minimum Gasteiger partial charge on any atom is -0.432 e. The molecule has 0 aliphatic heterocycles. The standard InChI is InChI=1S/C22H16F4O/c1-2-3-14-5-10-18-17(12-14)9-8-16(21(18)24)7-4-15-6-11-20(19(23)13-15)27-22(25)26/h5-6,8-13,22H,2-3H2,1H3. The fourth-order valence-electron chi connectivity index (χ4n) is 2.79. The van der Waals surface area contributed by atoms with Crippen LogP contribution in [0, 0.1) is 23.5 Å². The molecule has 138 valence electrons. The van der Waals surface area contributed by atoms with Crippen LogP contribution in [-0.2, 0) is 6.42 Å². The van der Waals surface area contributed by atoms with Crippen molar-refractivity contribution in [2.24, 2.45) is 0 Å². The van der Waals surface area contributed by atoms with Gasteiger partial charge in [-0.1, -0.05) is 49.5 Å². The van der Waals surface area contributed by atoms with Gasteiger partial charge in [-0.05, 0) is 41.6 Å². The van der Waals surface area contributed by atoms with Gasteiger partial charge in [0.2, 0.25) is 0 Å². The fraction of sp³-hybridized carbons (Fsp3) is 0.182. The van der Waals surface area contributed by atoms with E-state index in [1.165, 1.54) is 6.07 Å². The van der Waals surface area contributed by atoms with Gasteiger partial charge in [0.25, 0.3) is 0 Å². The van der Waals surface area contributed by atoms with Crippen LogP contribution >= 0.6 is 0 Å². The highest BCUT2D eigenvalue weighted by Crippen LogP contribution is 2.23. The molecule has 0 heterocycles. The lowest BCUT2D eigenvalue weighted by molar-refractivity contribution is -0.0521. The topological polar surface area (TPSA) is 9.23 Å². The third-order valence-corrected chi connectivity index (χ3v) is 4.05. The molecular formula is C22H16F4O. The van der Waals surface area contributed by atoms with E-state index in [2.05, 4.69) is 23.5 Å². The highest BCUT2D eigenvalue weighted by molar-refractivity contribution is 5.85. The Labute approximate surface area is 154 Å². The lowest BCUT2D eigenvalue weighted by Gasteiger charge is -2.05. The quantitative estimate of drug-likeness (QED) is 0.399. The number of rotatable bonds is 4. The van der Waals surface area contributed by atoms with Crippen LogP contribution in [0.3, 0.4) is 0 Å². The van der Waals surface area contributed by atoms with Crippen molar-refractivity contribution in [1.29, 1.82) is 0 Å². The van der Waals surface area contributed by atoms with Crippen LogP contribution in [0.5, 0.6) is 5.75 Å². The van der Waals surface area contributed by atoms with Crippen molar-refractivity contribution in [1.82, 2.24) is 0 Å². The van der Waals surface area contributed by atoms with E-state index < -0.39 is 24.0 Å². The lowest BCUT2D eigenvalue weighted by Crippen LogP contribution is -2.03. The maximum atomic E-state index is 14.7. The zero-order valence-corrected chi connectivity index (χ0v) is 14.5. The summed E-state index contributed by atoms with van der Waals surface area (Å²) >= 11 is 0. The number of fused-ring (bicyclic) bond motifs is 1. The Hall–Kier alpha value is -3.00. The number of ether oxygens (including phenoxy) is 1. The molecule has 1 nitrogen and oxygen atoms in total. The Balaban J connectivity index is 1.90. The largest absolute Gasteiger partial charge is 0.432 e. The van der Waals surface area contributed by atoms with Crippen molar-refractivity contribution in [3.05, 3.63) is 76.9 Å². The average Bonchev–Trinajstić information content (AvgIpc) is 2.63. The molecular weight excluding hydrogens is 356 g/mol. The summed E-state index contributed by atoms with van der Waals surface area (Å²) in [5, 5.41) is 1.26. The van der Waals surface area contributed by atoms with E-state index in [4.69, 9.17) is 0 Å². The summed E-state index contributed by atoms with van der Waals surface area (Å²) in [5.41, 5.74) is 1.55. The second-order valence-corrected chi connectivity index (χ2v) is 6.01. The van der Waals surface area contributed by atoms with Crippen molar-refractivity contribution in [3.8, 4) is 17.6 Å². The van der Waals surface area contributed by atoms with E-state index in [0.29, 0.717) is 5.39 Å². The Morgan fingerprint density at radius 1 is 0.963 bits per heavy atom. The van der Waals surface area contributed by atoms with Crippen LogP contribution in [0.1, 0.15) is 30.0 Å². The molecule has 0 N–H and O–H groups in total. The van der Waals surface area contributed by atoms with E-state index in [9.17, 15) is 17.6 Å². The predicted octanol–water partition coefficient (Wildman–Crippen LogP) is 6.07. The van der Waals surface area contributed by atoms with Gasteiger partial charge in [0.05, 0.1) is 5.56 Å². The molecule has 0 unspecified atom stereocenters. The summed E-state index contributed by atoms with van der Waals surface area (Å²) in [6.07, 6.45) is 1.94. The van der Waals surface area contributed by atoms with Crippen molar-refractivity contribution in [2.75, 3.05) is 0 Å². The van der Waals surface area contributed by atoms with Crippen molar-refractivity contribution in [3.63, 3.8) is 0 Å². The zero-order chi connectivity index (χ0) is 19.4. The van der Waals surface area contributed by atoms with E-state index >= 15 is 0 Å². The van der Waals surface area contributed by atoms with E-state index in [0.717, 1.165) is 35.9 Å². The van der Waals surface area contributed by atoms with Crippen molar-refractivity contribution >= 4 is 10.8 Å².